The molecule has 0 aromatic carbocycles. The molecule has 0 aliphatic heterocycles. The third-order valence-corrected chi connectivity index (χ3v) is 3.80. The Bertz CT molecular complexity index is 424. The van der Waals surface area contributed by atoms with Gasteiger partial charge in [-0.05, 0) is 25.7 Å². The Morgan fingerprint density at radius 1 is 1.33 bits per heavy atom. The van der Waals surface area contributed by atoms with Crippen molar-refractivity contribution in [2.45, 2.75) is 64.3 Å². The normalized spacial score (nSPS) is 18.2. The fourth-order valence-corrected chi connectivity index (χ4v) is 2.31. The third-order valence-electron chi connectivity index (χ3n) is 3.80. The maximum atomic E-state index is 5.88. The molecule has 0 saturated heterocycles. The van der Waals surface area contributed by atoms with E-state index in [2.05, 4.69) is 43.0 Å². The molecular formula is C14H24N4. The first-order valence-corrected chi connectivity index (χ1v) is 6.78. The minimum atomic E-state index is -0.0786. The lowest BCUT2D eigenvalue weighted by Crippen LogP contribution is -2.44. The van der Waals surface area contributed by atoms with E-state index in [4.69, 9.17) is 5.73 Å². The van der Waals surface area contributed by atoms with Crippen molar-refractivity contribution in [2.24, 2.45) is 0 Å². The SMILES string of the molecule is CCC1(Nc2cc(N)nc(C(C)(C)C)n2)CCC1. The van der Waals surface area contributed by atoms with E-state index in [1.807, 2.05) is 6.07 Å². The summed E-state index contributed by atoms with van der Waals surface area (Å²) in [5.74, 6) is 2.22. The van der Waals surface area contributed by atoms with Crippen LogP contribution in [0.5, 0.6) is 0 Å². The lowest BCUT2D eigenvalue weighted by Gasteiger charge is -2.42. The maximum Gasteiger partial charge on any atom is 0.138 e. The summed E-state index contributed by atoms with van der Waals surface area (Å²) >= 11 is 0. The van der Waals surface area contributed by atoms with Crippen molar-refractivity contribution >= 4 is 11.6 Å². The van der Waals surface area contributed by atoms with E-state index in [1.165, 1.54) is 19.3 Å². The van der Waals surface area contributed by atoms with Gasteiger partial charge in [0.1, 0.15) is 17.5 Å². The van der Waals surface area contributed by atoms with Gasteiger partial charge in [0.25, 0.3) is 0 Å². The van der Waals surface area contributed by atoms with E-state index < -0.39 is 0 Å². The molecule has 3 N–H and O–H groups in total. The first kappa shape index (κ1) is 13.1. The van der Waals surface area contributed by atoms with Crippen molar-refractivity contribution < 1.29 is 0 Å². The van der Waals surface area contributed by atoms with Crippen molar-refractivity contribution in [1.82, 2.24) is 9.97 Å². The molecule has 4 nitrogen and oxygen atoms in total. The molecule has 0 unspecified atom stereocenters. The molecule has 0 spiro atoms. The minimum absolute atomic E-state index is 0.0786. The number of rotatable bonds is 3. The van der Waals surface area contributed by atoms with Gasteiger partial charge < -0.3 is 11.1 Å². The summed E-state index contributed by atoms with van der Waals surface area (Å²) in [5, 5.41) is 3.56. The van der Waals surface area contributed by atoms with Gasteiger partial charge in [-0.3, -0.25) is 0 Å². The highest BCUT2D eigenvalue weighted by Gasteiger charge is 2.35. The van der Waals surface area contributed by atoms with Gasteiger partial charge in [0, 0.05) is 17.0 Å². The fraction of sp³-hybridized carbons (Fsp3) is 0.714. The first-order chi connectivity index (χ1) is 8.35. The zero-order chi connectivity index (χ0) is 13.4. The molecule has 100 valence electrons. The standard InChI is InChI=1S/C14H24N4/c1-5-14(7-6-8-14)18-11-9-10(15)16-12(17-11)13(2,3)4/h9H,5-8H2,1-4H3,(H3,15,16,17,18). The Morgan fingerprint density at radius 3 is 2.44 bits per heavy atom. The van der Waals surface area contributed by atoms with Crippen molar-refractivity contribution in [3.8, 4) is 0 Å². The summed E-state index contributed by atoms with van der Waals surface area (Å²) in [5.41, 5.74) is 6.04. The van der Waals surface area contributed by atoms with Crippen molar-refractivity contribution in [2.75, 3.05) is 11.1 Å². The van der Waals surface area contributed by atoms with Gasteiger partial charge in [0.15, 0.2) is 0 Å². The summed E-state index contributed by atoms with van der Waals surface area (Å²) in [6.07, 6.45) is 4.87. The van der Waals surface area contributed by atoms with Gasteiger partial charge in [-0.25, -0.2) is 9.97 Å². The summed E-state index contributed by atoms with van der Waals surface area (Å²) in [6.45, 7) is 8.53. The van der Waals surface area contributed by atoms with Crippen LogP contribution in [0.15, 0.2) is 6.07 Å². The van der Waals surface area contributed by atoms with Gasteiger partial charge in [0.05, 0.1) is 0 Å². The molecule has 1 saturated carbocycles. The van der Waals surface area contributed by atoms with Crippen LogP contribution in [0.4, 0.5) is 11.6 Å². The lowest BCUT2D eigenvalue weighted by molar-refractivity contribution is 0.268. The van der Waals surface area contributed by atoms with Crippen LogP contribution in [-0.2, 0) is 5.41 Å². The van der Waals surface area contributed by atoms with Crippen LogP contribution in [0.2, 0.25) is 0 Å². The van der Waals surface area contributed by atoms with Crippen molar-refractivity contribution in [1.29, 1.82) is 0 Å². The molecular weight excluding hydrogens is 224 g/mol. The molecule has 1 heterocycles. The molecule has 1 aliphatic rings. The molecule has 1 aliphatic carbocycles. The van der Waals surface area contributed by atoms with Crippen molar-refractivity contribution in [3.05, 3.63) is 11.9 Å². The Morgan fingerprint density at radius 2 is 2.00 bits per heavy atom. The van der Waals surface area contributed by atoms with E-state index in [1.54, 1.807) is 0 Å². The summed E-state index contributed by atoms with van der Waals surface area (Å²) in [4.78, 5) is 8.95. The second-order valence-electron chi connectivity index (χ2n) is 6.36. The van der Waals surface area contributed by atoms with Crippen LogP contribution in [0.3, 0.4) is 0 Å². The number of nitrogens with two attached hydrogens (primary N) is 1. The molecule has 1 aromatic heterocycles. The highest BCUT2D eigenvalue weighted by Crippen LogP contribution is 2.37. The molecule has 1 aromatic rings. The van der Waals surface area contributed by atoms with Gasteiger partial charge in [0.2, 0.25) is 0 Å². The highest BCUT2D eigenvalue weighted by molar-refractivity contribution is 5.47. The number of nitrogens with one attached hydrogen (secondary N) is 1. The minimum Gasteiger partial charge on any atom is -0.384 e. The fourth-order valence-electron chi connectivity index (χ4n) is 2.31. The first-order valence-electron chi connectivity index (χ1n) is 6.78. The van der Waals surface area contributed by atoms with Crippen LogP contribution >= 0.6 is 0 Å². The van der Waals surface area contributed by atoms with Crippen molar-refractivity contribution in [3.63, 3.8) is 0 Å². The van der Waals surface area contributed by atoms with E-state index in [0.29, 0.717) is 5.82 Å². The molecule has 1 fully saturated rings. The molecule has 0 radical (unpaired) electrons. The van der Waals surface area contributed by atoms with Crippen LogP contribution in [0.25, 0.3) is 0 Å². The molecule has 2 rings (SSSR count). The number of hydrogen-bond acceptors (Lipinski definition) is 4. The van der Waals surface area contributed by atoms with Crippen LogP contribution < -0.4 is 11.1 Å². The summed E-state index contributed by atoms with van der Waals surface area (Å²) in [6, 6.07) is 1.84. The molecule has 0 bridgehead atoms. The van der Waals surface area contributed by atoms with Crippen LogP contribution in [-0.4, -0.2) is 15.5 Å². The summed E-state index contributed by atoms with van der Waals surface area (Å²) in [7, 11) is 0. The monoisotopic (exact) mass is 248 g/mol. The molecule has 18 heavy (non-hydrogen) atoms. The second kappa shape index (κ2) is 4.41. The average Bonchev–Trinajstić information content (AvgIpc) is 2.21. The van der Waals surface area contributed by atoms with Gasteiger partial charge in [-0.1, -0.05) is 27.7 Å². The topological polar surface area (TPSA) is 63.8 Å². The molecule has 0 amide bonds. The number of anilines is 2. The number of nitrogen functional groups attached to an aromatic ring is 1. The third kappa shape index (κ3) is 2.57. The predicted molar refractivity (Wildman–Crippen MR) is 75.6 cm³/mol. The lowest BCUT2D eigenvalue weighted by atomic mass is 9.75. The van der Waals surface area contributed by atoms with Gasteiger partial charge in [-0.2, -0.15) is 0 Å². The zero-order valence-corrected chi connectivity index (χ0v) is 11.9. The van der Waals surface area contributed by atoms with E-state index >= 15 is 0 Å². The highest BCUT2D eigenvalue weighted by atomic mass is 15.1. The smallest absolute Gasteiger partial charge is 0.138 e. The molecule has 4 heteroatoms. The van der Waals surface area contributed by atoms with E-state index in [0.717, 1.165) is 18.1 Å². The van der Waals surface area contributed by atoms with Gasteiger partial charge in [-0.15, -0.1) is 0 Å². The predicted octanol–water partition coefficient (Wildman–Crippen LogP) is 3.10. The number of nitrogens with zero attached hydrogens (tertiary/aromatic N) is 2. The van der Waals surface area contributed by atoms with Gasteiger partial charge >= 0.3 is 0 Å². The Labute approximate surface area is 109 Å². The van der Waals surface area contributed by atoms with E-state index in [-0.39, 0.29) is 11.0 Å². The maximum absolute atomic E-state index is 5.88. The van der Waals surface area contributed by atoms with Crippen LogP contribution in [0.1, 0.15) is 59.2 Å². The second-order valence-corrected chi connectivity index (χ2v) is 6.36. The zero-order valence-electron chi connectivity index (χ0n) is 11.9. The molecule has 0 atom stereocenters. The quantitative estimate of drug-likeness (QED) is 0.862. The van der Waals surface area contributed by atoms with E-state index in [9.17, 15) is 0 Å². The largest absolute Gasteiger partial charge is 0.384 e. The van der Waals surface area contributed by atoms with Crippen LogP contribution in [0, 0.1) is 0 Å². The Hall–Kier alpha value is -1.32. The Kier molecular flexibility index (Phi) is 3.21. The average molecular weight is 248 g/mol. The number of hydrogen-bond donors (Lipinski definition) is 2. The number of aromatic nitrogens is 2. The summed E-state index contributed by atoms with van der Waals surface area (Å²) < 4.78 is 0. The Balaban J connectivity index is 2.26.